The van der Waals surface area contributed by atoms with Crippen molar-refractivity contribution >= 4 is 22.6 Å². The molecule has 0 aliphatic carbocycles. The van der Waals surface area contributed by atoms with E-state index in [1.54, 1.807) is 13.8 Å². The molecule has 1 aliphatic rings. The fourth-order valence-electron chi connectivity index (χ4n) is 4.04. The van der Waals surface area contributed by atoms with Crippen molar-refractivity contribution in [1.82, 2.24) is 0 Å². The van der Waals surface area contributed by atoms with Crippen LogP contribution in [0.4, 0.5) is 0 Å². The number of hydrogen-bond donors (Lipinski definition) is 2. The first kappa shape index (κ1) is 36.2. The SMILES string of the molecule is CCOC(=O)/C(C)=C/C(C)=C/[C@@H](C)[C@H](O[Si](C)(C)C(C)(C)C)[C@H]1O[C@H]1[C@@H](CC(O)CO)O[Si](C)(C)C(C)(C)C. The highest BCUT2D eigenvalue weighted by molar-refractivity contribution is 6.74. The van der Waals surface area contributed by atoms with Crippen molar-refractivity contribution in [1.29, 1.82) is 0 Å². The summed E-state index contributed by atoms with van der Waals surface area (Å²) < 4.78 is 25.2. The van der Waals surface area contributed by atoms with Crippen LogP contribution < -0.4 is 0 Å². The van der Waals surface area contributed by atoms with Crippen LogP contribution in [0.15, 0.2) is 23.3 Å². The molecule has 6 atom stereocenters. The largest absolute Gasteiger partial charge is 0.463 e. The van der Waals surface area contributed by atoms with Gasteiger partial charge in [-0.3, -0.25) is 0 Å². The predicted molar refractivity (Wildman–Crippen MR) is 164 cm³/mol. The molecule has 1 heterocycles. The van der Waals surface area contributed by atoms with Crippen molar-refractivity contribution in [2.75, 3.05) is 13.2 Å². The summed E-state index contributed by atoms with van der Waals surface area (Å²) in [7, 11) is -4.33. The van der Waals surface area contributed by atoms with E-state index in [1.807, 2.05) is 13.0 Å². The monoisotopic (exact) mass is 586 g/mol. The van der Waals surface area contributed by atoms with Crippen LogP contribution in [0.1, 0.15) is 75.7 Å². The minimum atomic E-state index is -2.17. The molecular weight excluding hydrogens is 528 g/mol. The van der Waals surface area contributed by atoms with Crippen molar-refractivity contribution in [3.63, 3.8) is 0 Å². The van der Waals surface area contributed by atoms with E-state index in [-0.39, 0.29) is 53.0 Å². The molecule has 0 amide bonds. The van der Waals surface area contributed by atoms with Crippen LogP contribution in [0.2, 0.25) is 36.3 Å². The van der Waals surface area contributed by atoms with Gasteiger partial charge in [0.1, 0.15) is 12.2 Å². The molecule has 0 saturated carbocycles. The summed E-state index contributed by atoms with van der Waals surface area (Å²) in [6.45, 7) is 29.8. The number of hydrogen-bond acceptors (Lipinski definition) is 7. The molecule has 1 aliphatic heterocycles. The number of epoxide rings is 1. The van der Waals surface area contributed by atoms with Crippen molar-refractivity contribution in [3.05, 3.63) is 23.3 Å². The summed E-state index contributed by atoms with van der Waals surface area (Å²) in [6, 6.07) is 0. The van der Waals surface area contributed by atoms with Crippen LogP contribution in [0, 0.1) is 5.92 Å². The van der Waals surface area contributed by atoms with Crippen LogP contribution in [-0.2, 0) is 23.1 Å². The number of allylic oxidation sites excluding steroid dienone is 2. The molecule has 7 nitrogen and oxygen atoms in total. The second-order valence-electron chi connectivity index (χ2n) is 14.2. The average molecular weight is 587 g/mol. The Morgan fingerprint density at radius 2 is 1.49 bits per heavy atom. The first-order valence-electron chi connectivity index (χ1n) is 14.4. The van der Waals surface area contributed by atoms with Gasteiger partial charge >= 0.3 is 5.97 Å². The lowest BCUT2D eigenvalue weighted by atomic mass is 9.95. The van der Waals surface area contributed by atoms with E-state index in [2.05, 4.69) is 80.7 Å². The summed E-state index contributed by atoms with van der Waals surface area (Å²) in [5.74, 6) is -0.317. The summed E-state index contributed by atoms with van der Waals surface area (Å²) in [6.07, 6.45) is 2.42. The van der Waals surface area contributed by atoms with Gasteiger partial charge in [-0.25, -0.2) is 4.79 Å². The normalized spacial score (nSPS) is 22.8. The van der Waals surface area contributed by atoms with Crippen LogP contribution in [0.25, 0.3) is 0 Å². The van der Waals surface area contributed by atoms with Gasteiger partial charge in [-0.1, -0.05) is 60.1 Å². The first-order valence-corrected chi connectivity index (χ1v) is 20.2. The summed E-state index contributed by atoms with van der Waals surface area (Å²) in [4.78, 5) is 12.1. The molecule has 0 radical (unpaired) electrons. The Kier molecular flexibility index (Phi) is 12.9. The van der Waals surface area contributed by atoms with Crippen LogP contribution in [0.3, 0.4) is 0 Å². The number of rotatable bonds is 14. The Morgan fingerprint density at radius 1 is 0.974 bits per heavy atom. The molecule has 1 rings (SSSR count). The van der Waals surface area contributed by atoms with E-state index in [4.69, 9.17) is 18.3 Å². The van der Waals surface area contributed by atoms with Gasteiger partial charge in [0.15, 0.2) is 16.6 Å². The predicted octanol–water partition coefficient (Wildman–Crippen LogP) is 6.37. The van der Waals surface area contributed by atoms with Crippen molar-refractivity contribution < 1.29 is 33.3 Å². The molecule has 2 N–H and O–H groups in total. The zero-order chi connectivity index (χ0) is 30.6. The lowest BCUT2D eigenvalue weighted by Gasteiger charge is -2.41. The van der Waals surface area contributed by atoms with Crippen LogP contribution in [0.5, 0.6) is 0 Å². The number of aliphatic hydroxyl groups excluding tert-OH is 2. The van der Waals surface area contributed by atoms with E-state index in [1.165, 1.54) is 0 Å². The molecule has 228 valence electrons. The summed E-state index contributed by atoms with van der Waals surface area (Å²) in [5, 5.41) is 20.0. The van der Waals surface area contributed by atoms with Gasteiger partial charge in [0.25, 0.3) is 0 Å². The zero-order valence-electron chi connectivity index (χ0n) is 27.2. The van der Waals surface area contributed by atoms with Crippen LogP contribution >= 0.6 is 0 Å². The molecule has 0 spiro atoms. The lowest BCUT2D eigenvalue weighted by Crippen LogP contribution is -2.49. The second-order valence-corrected chi connectivity index (χ2v) is 23.7. The highest BCUT2D eigenvalue weighted by Gasteiger charge is 2.56. The number of aliphatic hydroxyl groups is 2. The van der Waals surface area contributed by atoms with E-state index in [9.17, 15) is 15.0 Å². The molecule has 9 heteroatoms. The summed E-state index contributed by atoms with van der Waals surface area (Å²) >= 11 is 0. The van der Waals surface area contributed by atoms with Gasteiger partial charge in [0, 0.05) is 17.9 Å². The molecule has 1 saturated heterocycles. The van der Waals surface area contributed by atoms with E-state index in [0.29, 0.717) is 18.6 Å². The fraction of sp³-hybridized carbons (Fsp3) is 0.833. The van der Waals surface area contributed by atoms with Crippen molar-refractivity contribution in [2.24, 2.45) is 5.92 Å². The van der Waals surface area contributed by atoms with Crippen molar-refractivity contribution in [2.45, 2.75) is 142 Å². The van der Waals surface area contributed by atoms with E-state index >= 15 is 0 Å². The maximum absolute atomic E-state index is 12.1. The molecule has 0 bridgehead atoms. The minimum absolute atomic E-state index is 0.00310. The molecule has 0 aromatic rings. The zero-order valence-corrected chi connectivity index (χ0v) is 29.2. The van der Waals surface area contributed by atoms with Gasteiger partial charge in [0.2, 0.25) is 0 Å². The lowest BCUT2D eigenvalue weighted by molar-refractivity contribution is -0.138. The highest BCUT2D eigenvalue weighted by atomic mass is 28.4. The number of esters is 1. The molecule has 39 heavy (non-hydrogen) atoms. The van der Waals surface area contributed by atoms with Gasteiger partial charge < -0.3 is 28.5 Å². The molecule has 1 unspecified atom stereocenters. The number of ether oxygens (including phenoxy) is 2. The summed E-state index contributed by atoms with van der Waals surface area (Å²) in [5.41, 5.74) is 1.51. The number of carbonyl (C=O) groups excluding carboxylic acids is 1. The Hall–Kier alpha value is -0.816. The second kappa shape index (κ2) is 13.9. The molecule has 0 aromatic heterocycles. The third-order valence-corrected chi connectivity index (χ3v) is 17.5. The highest BCUT2D eigenvalue weighted by Crippen LogP contribution is 2.45. The quantitative estimate of drug-likeness (QED) is 0.0802. The Labute approximate surface area is 240 Å². The first-order chi connectivity index (χ1) is 17.6. The van der Waals surface area contributed by atoms with Crippen LogP contribution in [-0.4, -0.2) is 76.6 Å². The standard InChI is InChI=1S/C30H58O7Si2/c1-15-34-28(33)22(4)17-20(2)16-21(3)25(37-39(13,14)30(8,9)10)27-26(35-27)24(18-23(32)19-31)36-38(11,12)29(5,6)7/h16-17,21,23-27,31-32H,15,18-19H2,1-14H3/b20-16+,22-17+/t21-,23?,24-,25+,26+,27-/m1/s1. The van der Waals surface area contributed by atoms with E-state index < -0.39 is 22.7 Å². The van der Waals surface area contributed by atoms with Gasteiger partial charge in [-0.2, -0.15) is 0 Å². The molecule has 1 fully saturated rings. The fourth-order valence-corrected chi connectivity index (χ4v) is 6.76. The Morgan fingerprint density at radius 3 is 1.95 bits per heavy atom. The maximum atomic E-state index is 12.1. The Balaban J connectivity index is 3.36. The van der Waals surface area contributed by atoms with Gasteiger partial charge in [-0.15, -0.1) is 0 Å². The number of carbonyl (C=O) groups is 1. The Bertz CT molecular complexity index is 868. The molecule has 0 aromatic carbocycles. The maximum Gasteiger partial charge on any atom is 0.333 e. The molecular formula is C30H58O7Si2. The third kappa shape index (κ3) is 10.5. The van der Waals surface area contributed by atoms with Crippen molar-refractivity contribution in [3.8, 4) is 0 Å². The van der Waals surface area contributed by atoms with Gasteiger partial charge in [-0.05, 0) is 63.1 Å². The third-order valence-electron chi connectivity index (χ3n) is 8.54. The van der Waals surface area contributed by atoms with E-state index in [0.717, 1.165) is 5.57 Å². The van der Waals surface area contributed by atoms with Gasteiger partial charge in [0.05, 0.1) is 31.5 Å². The smallest absolute Gasteiger partial charge is 0.333 e. The topological polar surface area (TPSA) is 97.8 Å². The average Bonchev–Trinajstić information content (AvgIpc) is 3.55. The minimum Gasteiger partial charge on any atom is -0.463 e.